The fourth-order valence-electron chi connectivity index (χ4n) is 20.3. The van der Waals surface area contributed by atoms with Crippen molar-refractivity contribution >= 4 is 6.08 Å². The van der Waals surface area contributed by atoms with Crippen LogP contribution in [0.5, 0.6) is 69.0 Å². The molecule has 6 aliphatic rings. The Morgan fingerprint density at radius 3 is 1.24 bits per heavy atom. The third-order valence-corrected chi connectivity index (χ3v) is 28.2. The zero-order valence-electron chi connectivity index (χ0n) is 87.7. The number of phenols is 9. The number of unbranched alkanes of at least 4 members (excludes halogenated alkanes) is 10. The van der Waals surface area contributed by atoms with Crippen LogP contribution < -0.4 is 14.2 Å². The highest BCUT2D eigenvalue weighted by atomic mass is 16.5. The lowest BCUT2D eigenvalue weighted by atomic mass is 9.68. The minimum atomic E-state index is -0.384. The van der Waals surface area contributed by atoms with Gasteiger partial charge < -0.3 is 60.2 Å². The number of aromatic hydroxyl groups is 9. The molecule has 0 fully saturated rings. The monoisotopic (exact) mass is 1860 g/mol. The predicted molar refractivity (Wildman–Crippen MR) is 572 cm³/mol. The number of ether oxygens (including phenoxy) is 3. The molecule has 0 spiro atoms. The largest absolute Gasteiger partial charge is 0.508 e. The summed E-state index contributed by atoms with van der Waals surface area (Å²) in [7, 11) is 0. The molecule has 0 bridgehead atoms. The molecule has 0 saturated heterocycles. The van der Waals surface area contributed by atoms with Crippen LogP contribution in [-0.4, -0.2) is 57.2 Å². The predicted octanol–water partition coefficient (Wildman–Crippen LogP) is 34.5. The first-order chi connectivity index (χ1) is 64.6. The molecule has 7 aromatic carbocycles. The Bertz CT molecular complexity index is 5280. The lowest BCUT2D eigenvalue weighted by molar-refractivity contribution is 0.0107. The SMILES string of the molecule is C=C(C)[C@@H]1CCC(C)=C[C@H]1c1c(O)cc(CCC)cc1O.C=C(C)[C@@H]1CCC(C)=C[C@H]1c1c(O)cc(CCCCC)cc1O.CCCCCc1cc(O)c(C/C=C(\C)CCC=C(C)C)c(O)c1.CCCCCc1cc(O)c2c(c1)OC(C)(C)[C@@H]1CCC(C)=C[C@@H]21.CCCCCc1cc(O)c2c(c1)OC(C)(C)c1ccc(C)cc1-2.CCCCCc1cc(O)c2c(c1)OC(C)(CCC=C(C)C)C=C2. The molecular weight excluding hydrogens is 1680 g/mol. The average molecular weight is 1860 g/mol. The molecule has 0 saturated carbocycles. The van der Waals surface area contributed by atoms with Gasteiger partial charge in [-0.25, -0.2) is 0 Å². The first-order valence-electron chi connectivity index (χ1n) is 51.9. The lowest BCUT2D eigenvalue weighted by Crippen LogP contribution is -2.45. The normalized spacial score (nSPS) is 18.9. The van der Waals surface area contributed by atoms with Gasteiger partial charge in [-0.15, -0.1) is 0 Å². The van der Waals surface area contributed by atoms with Crippen LogP contribution in [0, 0.1) is 24.7 Å². The highest BCUT2D eigenvalue weighted by Gasteiger charge is 2.46. The van der Waals surface area contributed by atoms with Crippen molar-refractivity contribution in [3.8, 4) is 80.1 Å². The standard InChI is InChI=1S/C21H30O2.C21H26O2.2C21H30O2.C21H32O2.C19H26O2/c2*1-5-6-7-8-15-12-18(22)20-16-11-14(2)9-10-17(16)21(3,4)23-19(20)13-15;1-5-6-7-10-17-14-19(22)18-11-13-21(4,23-20(18)15-17)12-8-9-16(2)3;1-5-6-7-8-16-12-19(22)21(20(23)13-16)18-11-15(4)9-10-17(18)14(2)3;1-5-6-7-11-18-14-20(22)19(21(23)15-18)13-12-17(4)10-8-9-16(2)3;1-5-6-14-10-17(20)19(18(21)11-14)16-9-13(4)7-8-15(16)12(2)3/h11-13,16-17,22H,5-10H2,1-4H3;9-13,22H,5-8H2,1-4H3;9,11,13-15,22H,5-8,10,12H2,1-4H3;11-13,17-18,22-23H,2,5-10H2,1,3-4H3;9,12,14-15,22-23H,5-8,10-11,13H2,1-4H3;9-11,15-16,20-21H,2,5-8H2,1,3-4H3/b;;;;17-12+;/t16-,17-;;;17-,18+;;15-,16+/m1..0.0/s1. The zero-order chi connectivity index (χ0) is 99.9. The van der Waals surface area contributed by atoms with Gasteiger partial charge in [0.1, 0.15) is 85.8 Å². The third kappa shape index (κ3) is 32.2. The molecule has 742 valence electrons. The van der Waals surface area contributed by atoms with E-state index in [4.69, 9.17) is 14.2 Å². The van der Waals surface area contributed by atoms with E-state index < -0.39 is 0 Å². The van der Waals surface area contributed by atoms with Crippen molar-refractivity contribution in [3.63, 3.8) is 0 Å². The molecule has 7 atom stereocenters. The molecule has 13 rings (SSSR count). The van der Waals surface area contributed by atoms with Gasteiger partial charge in [0, 0.05) is 51.5 Å². The number of fused-ring (bicyclic) bond motifs is 7. The first-order valence-corrected chi connectivity index (χ1v) is 51.9. The molecule has 12 heteroatoms. The van der Waals surface area contributed by atoms with Gasteiger partial charge in [-0.2, -0.15) is 0 Å². The van der Waals surface area contributed by atoms with Crippen LogP contribution >= 0.6 is 0 Å². The summed E-state index contributed by atoms with van der Waals surface area (Å²) in [5, 5.41) is 93.9. The Labute approximate surface area is 821 Å². The van der Waals surface area contributed by atoms with Crippen LogP contribution in [-0.2, 0) is 50.5 Å². The number of hydrogen-bond donors (Lipinski definition) is 9. The minimum absolute atomic E-state index is 0.0194. The van der Waals surface area contributed by atoms with Crippen molar-refractivity contribution in [1.82, 2.24) is 0 Å². The molecule has 12 nitrogen and oxygen atoms in total. The lowest BCUT2D eigenvalue weighted by Gasteiger charge is -2.46. The van der Waals surface area contributed by atoms with Crippen molar-refractivity contribution in [1.29, 1.82) is 0 Å². The summed E-state index contributed by atoms with van der Waals surface area (Å²) in [5.74, 6) is 6.21. The highest BCUT2D eigenvalue weighted by Crippen LogP contribution is 2.56. The van der Waals surface area contributed by atoms with Gasteiger partial charge in [-0.05, 0) is 388 Å². The van der Waals surface area contributed by atoms with Gasteiger partial charge in [0.2, 0.25) is 0 Å². The van der Waals surface area contributed by atoms with Gasteiger partial charge in [-0.1, -0.05) is 230 Å². The van der Waals surface area contributed by atoms with Crippen LogP contribution in [0.15, 0.2) is 191 Å². The third-order valence-electron chi connectivity index (χ3n) is 28.2. The molecule has 3 aliphatic carbocycles. The smallest absolute Gasteiger partial charge is 0.132 e. The molecule has 0 amide bonds. The molecule has 3 aliphatic heterocycles. The second kappa shape index (κ2) is 53.1. The Morgan fingerprint density at radius 1 is 0.397 bits per heavy atom. The molecule has 1 unspecified atom stereocenters. The fourth-order valence-corrected chi connectivity index (χ4v) is 20.3. The number of aryl methyl sites for hydroxylation is 7. The van der Waals surface area contributed by atoms with Gasteiger partial charge in [0.05, 0.1) is 11.1 Å². The van der Waals surface area contributed by atoms with Gasteiger partial charge in [0.25, 0.3) is 0 Å². The molecule has 136 heavy (non-hydrogen) atoms. The van der Waals surface area contributed by atoms with Crippen LogP contribution in [0.25, 0.3) is 17.2 Å². The summed E-state index contributed by atoms with van der Waals surface area (Å²) in [6.45, 7) is 55.1. The Balaban J connectivity index is 0.000000201. The number of rotatable bonds is 34. The second-order valence-corrected chi connectivity index (χ2v) is 42.0. The molecule has 0 radical (unpaired) electrons. The summed E-state index contributed by atoms with van der Waals surface area (Å²) >= 11 is 0. The maximum atomic E-state index is 10.7. The molecule has 7 aromatic rings. The molecular formula is C124H174O12. The van der Waals surface area contributed by atoms with E-state index in [0.29, 0.717) is 46.3 Å². The van der Waals surface area contributed by atoms with E-state index in [2.05, 4.69) is 231 Å². The summed E-state index contributed by atoms with van der Waals surface area (Å²) < 4.78 is 18.9. The van der Waals surface area contributed by atoms with Crippen molar-refractivity contribution in [2.45, 2.75) is 399 Å². The van der Waals surface area contributed by atoms with Crippen LogP contribution in [0.1, 0.15) is 402 Å². The van der Waals surface area contributed by atoms with Crippen LogP contribution in [0.2, 0.25) is 0 Å². The maximum Gasteiger partial charge on any atom is 0.132 e. The van der Waals surface area contributed by atoms with Gasteiger partial charge in [0.15, 0.2) is 0 Å². The Kier molecular flexibility index (Phi) is 43.4. The van der Waals surface area contributed by atoms with E-state index in [-0.39, 0.29) is 80.9 Å². The van der Waals surface area contributed by atoms with Crippen molar-refractivity contribution < 1.29 is 60.2 Å². The van der Waals surface area contributed by atoms with E-state index in [9.17, 15) is 46.0 Å². The quantitative estimate of drug-likeness (QED) is 0.0136. The van der Waals surface area contributed by atoms with E-state index >= 15 is 0 Å². The second-order valence-electron chi connectivity index (χ2n) is 42.0. The topological polar surface area (TPSA) is 210 Å². The maximum absolute atomic E-state index is 10.7. The number of allylic oxidation sites excluding steroid dienone is 14. The number of phenolic OH excluding ortho intramolecular Hbond substituents is 9. The summed E-state index contributed by atoms with van der Waals surface area (Å²) in [6.07, 6.45) is 52.7. The van der Waals surface area contributed by atoms with Crippen LogP contribution in [0.4, 0.5) is 0 Å². The van der Waals surface area contributed by atoms with E-state index in [1.54, 1.807) is 24.3 Å². The summed E-state index contributed by atoms with van der Waals surface area (Å²) in [4.78, 5) is 0. The molecule has 0 aromatic heterocycles. The Morgan fingerprint density at radius 2 is 0.794 bits per heavy atom. The summed E-state index contributed by atoms with van der Waals surface area (Å²) in [6, 6.07) is 29.4. The Hall–Kier alpha value is -10.2. The number of benzene rings is 7. The van der Waals surface area contributed by atoms with Crippen LogP contribution in [0.3, 0.4) is 0 Å². The van der Waals surface area contributed by atoms with E-state index in [1.165, 1.54) is 115 Å². The summed E-state index contributed by atoms with van der Waals surface area (Å²) in [5.41, 5.74) is 23.9. The van der Waals surface area contributed by atoms with Crippen molar-refractivity contribution in [2.24, 2.45) is 17.8 Å². The zero-order valence-corrected chi connectivity index (χ0v) is 87.7. The first kappa shape index (κ1) is 111. The molecule has 9 N–H and O–H groups in total. The highest BCUT2D eigenvalue weighted by molar-refractivity contribution is 5.82. The van der Waals surface area contributed by atoms with Crippen molar-refractivity contribution in [2.75, 3.05) is 0 Å². The van der Waals surface area contributed by atoms with E-state index in [1.807, 2.05) is 50.3 Å². The van der Waals surface area contributed by atoms with E-state index in [0.717, 1.165) is 219 Å². The van der Waals surface area contributed by atoms with Crippen molar-refractivity contribution in [3.05, 3.63) is 264 Å². The minimum Gasteiger partial charge on any atom is -0.508 e. The number of hydrogen-bond acceptors (Lipinski definition) is 12. The van der Waals surface area contributed by atoms with Gasteiger partial charge in [-0.3, -0.25) is 0 Å². The van der Waals surface area contributed by atoms with Gasteiger partial charge >= 0.3 is 0 Å². The molecule has 3 heterocycles. The fraction of sp³-hybridized carbons (Fsp3) is 0.516. The average Bonchev–Trinajstić information content (AvgIpc) is 0.743.